The van der Waals surface area contributed by atoms with Gasteiger partial charge in [-0.2, -0.15) is 0 Å². The molecule has 2 heterocycles. The number of nitrogens with two attached hydrogens (primary N) is 1. The number of aromatic nitrogens is 3. The van der Waals surface area contributed by atoms with Gasteiger partial charge in [0.05, 0.1) is 6.54 Å². The first-order valence-corrected chi connectivity index (χ1v) is 9.65. The standard InChI is InChI=1S/C18H32N6O/c1-4-24-16(20-21-18(24)14-10-15(19)11-14)12-22-5-7-23(8-6-22)17(25)9-13(2)3/h13-15H,4-12,19H2,1-3H3. The Morgan fingerprint density at radius 3 is 2.44 bits per heavy atom. The van der Waals surface area contributed by atoms with Crippen molar-refractivity contribution in [2.24, 2.45) is 11.7 Å². The van der Waals surface area contributed by atoms with E-state index in [1.54, 1.807) is 0 Å². The van der Waals surface area contributed by atoms with Crippen molar-refractivity contribution in [1.29, 1.82) is 0 Å². The molecule has 3 rings (SSSR count). The summed E-state index contributed by atoms with van der Waals surface area (Å²) in [6.07, 6.45) is 2.70. The molecule has 0 spiro atoms. The Hall–Kier alpha value is -1.47. The van der Waals surface area contributed by atoms with Gasteiger partial charge in [-0.25, -0.2) is 0 Å². The summed E-state index contributed by atoms with van der Waals surface area (Å²) in [5, 5.41) is 8.90. The highest BCUT2D eigenvalue weighted by atomic mass is 16.2. The first kappa shape index (κ1) is 18.3. The molecular formula is C18H32N6O. The van der Waals surface area contributed by atoms with Crippen LogP contribution in [0, 0.1) is 5.92 Å². The molecule has 7 heteroatoms. The van der Waals surface area contributed by atoms with Crippen LogP contribution in [0.3, 0.4) is 0 Å². The summed E-state index contributed by atoms with van der Waals surface area (Å²) in [6.45, 7) is 11.5. The molecule has 140 valence electrons. The minimum atomic E-state index is 0.287. The summed E-state index contributed by atoms with van der Waals surface area (Å²) in [7, 11) is 0. The Labute approximate surface area is 150 Å². The SMILES string of the molecule is CCn1c(CN2CCN(C(=O)CC(C)C)CC2)nnc1C1CC(N)C1. The molecule has 0 unspecified atom stereocenters. The molecule has 0 aromatic carbocycles. The number of hydrogen-bond acceptors (Lipinski definition) is 5. The minimum absolute atomic E-state index is 0.287. The first-order chi connectivity index (χ1) is 12.0. The first-order valence-electron chi connectivity index (χ1n) is 9.65. The molecule has 2 fully saturated rings. The van der Waals surface area contributed by atoms with Gasteiger partial charge in [0, 0.05) is 51.1 Å². The summed E-state index contributed by atoms with van der Waals surface area (Å²) in [4.78, 5) is 16.6. The molecule has 1 saturated carbocycles. The number of piperazine rings is 1. The molecule has 1 aliphatic heterocycles. The smallest absolute Gasteiger partial charge is 0.222 e. The van der Waals surface area contributed by atoms with Crippen LogP contribution in [-0.2, 0) is 17.9 Å². The lowest BCUT2D eigenvalue weighted by Crippen LogP contribution is -2.48. The molecule has 0 radical (unpaired) electrons. The van der Waals surface area contributed by atoms with E-state index in [1.807, 2.05) is 4.90 Å². The van der Waals surface area contributed by atoms with E-state index >= 15 is 0 Å². The van der Waals surface area contributed by atoms with E-state index in [9.17, 15) is 4.79 Å². The summed E-state index contributed by atoms with van der Waals surface area (Å²) in [5.74, 6) is 3.33. The van der Waals surface area contributed by atoms with Crippen molar-refractivity contribution in [3.8, 4) is 0 Å². The third kappa shape index (κ3) is 4.20. The molecule has 0 atom stereocenters. The van der Waals surface area contributed by atoms with Crippen molar-refractivity contribution in [1.82, 2.24) is 24.6 Å². The fourth-order valence-corrected chi connectivity index (χ4v) is 3.82. The maximum Gasteiger partial charge on any atom is 0.222 e. The monoisotopic (exact) mass is 348 g/mol. The molecule has 1 aliphatic carbocycles. The third-order valence-corrected chi connectivity index (χ3v) is 5.38. The van der Waals surface area contributed by atoms with Crippen molar-refractivity contribution in [3.05, 3.63) is 11.6 Å². The van der Waals surface area contributed by atoms with Gasteiger partial charge in [0.15, 0.2) is 0 Å². The van der Waals surface area contributed by atoms with Gasteiger partial charge < -0.3 is 15.2 Å². The van der Waals surface area contributed by atoms with Crippen molar-refractivity contribution in [3.63, 3.8) is 0 Å². The van der Waals surface area contributed by atoms with E-state index in [-0.39, 0.29) is 5.91 Å². The quantitative estimate of drug-likeness (QED) is 0.835. The Bertz CT molecular complexity index is 584. The van der Waals surface area contributed by atoms with Crippen LogP contribution in [-0.4, -0.2) is 62.7 Å². The molecule has 1 aromatic heterocycles. The molecule has 1 aromatic rings. The van der Waals surface area contributed by atoms with E-state index in [0.29, 0.717) is 24.3 Å². The number of rotatable bonds is 6. The van der Waals surface area contributed by atoms with Gasteiger partial charge in [0.25, 0.3) is 0 Å². The van der Waals surface area contributed by atoms with Crippen LogP contribution < -0.4 is 5.73 Å². The summed E-state index contributed by atoms with van der Waals surface area (Å²) < 4.78 is 2.26. The Morgan fingerprint density at radius 2 is 1.88 bits per heavy atom. The number of carbonyl (C=O) groups excluding carboxylic acids is 1. The topological polar surface area (TPSA) is 80.3 Å². The van der Waals surface area contributed by atoms with Crippen LogP contribution in [0.2, 0.25) is 0 Å². The van der Waals surface area contributed by atoms with Gasteiger partial charge >= 0.3 is 0 Å². The molecule has 2 N–H and O–H groups in total. The van der Waals surface area contributed by atoms with Crippen LogP contribution in [0.15, 0.2) is 0 Å². The van der Waals surface area contributed by atoms with Crippen LogP contribution in [0.25, 0.3) is 0 Å². The molecule has 25 heavy (non-hydrogen) atoms. The van der Waals surface area contributed by atoms with Crippen LogP contribution >= 0.6 is 0 Å². The average molecular weight is 348 g/mol. The van der Waals surface area contributed by atoms with Crippen molar-refractivity contribution in [2.45, 2.75) is 65.1 Å². The third-order valence-electron chi connectivity index (χ3n) is 5.38. The van der Waals surface area contributed by atoms with Crippen molar-refractivity contribution in [2.75, 3.05) is 26.2 Å². The maximum absolute atomic E-state index is 12.2. The zero-order valence-corrected chi connectivity index (χ0v) is 15.8. The number of nitrogens with zero attached hydrogens (tertiary/aromatic N) is 5. The van der Waals surface area contributed by atoms with E-state index < -0.39 is 0 Å². The van der Waals surface area contributed by atoms with E-state index in [1.165, 1.54) is 0 Å². The predicted octanol–water partition coefficient (Wildman–Crippen LogP) is 1.19. The van der Waals surface area contributed by atoms with Crippen molar-refractivity contribution >= 4 is 5.91 Å². The second-order valence-corrected chi connectivity index (χ2v) is 7.90. The Kier molecular flexibility index (Phi) is 5.74. The fraction of sp³-hybridized carbons (Fsp3) is 0.833. The van der Waals surface area contributed by atoms with Gasteiger partial charge in [-0.05, 0) is 25.7 Å². The van der Waals surface area contributed by atoms with E-state index in [4.69, 9.17) is 5.73 Å². The van der Waals surface area contributed by atoms with E-state index in [0.717, 1.165) is 63.8 Å². The van der Waals surface area contributed by atoms with Gasteiger partial charge in [-0.3, -0.25) is 9.69 Å². The van der Waals surface area contributed by atoms with Crippen LogP contribution in [0.1, 0.15) is 57.6 Å². The summed E-state index contributed by atoms with van der Waals surface area (Å²) in [6, 6.07) is 0.326. The maximum atomic E-state index is 12.2. The van der Waals surface area contributed by atoms with Crippen molar-refractivity contribution < 1.29 is 4.79 Å². The number of amides is 1. The lowest BCUT2D eigenvalue weighted by molar-refractivity contribution is -0.133. The molecule has 2 aliphatic rings. The van der Waals surface area contributed by atoms with Crippen LogP contribution in [0.5, 0.6) is 0 Å². The summed E-state index contributed by atoms with van der Waals surface area (Å²) >= 11 is 0. The van der Waals surface area contributed by atoms with Gasteiger partial charge in [0.2, 0.25) is 5.91 Å². The fourth-order valence-electron chi connectivity index (χ4n) is 3.82. The zero-order chi connectivity index (χ0) is 18.0. The highest BCUT2D eigenvalue weighted by molar-refractivity contribution is 5.76. The normalized spacial score (nSPS) is 24.6. The molecular weight excluding hydrogens is 316 g/mol. The molecule has 0 bridgehead atoms. The van der Waals surface area contributed by atoms with Gasteiger partial charge in [0.1, 0.15) is 11.6 Å². The molecule has 1 saturated heterocycles. The highest BCUT2D eigenvalue weighted by Crippen LogP contribution is 2.34. The second-order valence-electron chi connectivity index (χ2n) is 7.90. The molecule has 7 nitrogen and oxygen atoms in total. The van der Waals surface area contributed by atoms with E-state index in [2.05, 4.69) is 40.4 Å². The second kappa shape index (κ2) is 7.83. The van der Waals surface area contributed by atoms with Gasteiger partial charge in [-0.15, -0.1) is 10.2 Å². The lowest BCUT2D eigenvalue weighted by atomic mass is 9.80. The summed E-state index contributed by atoms with van der Waals surface area (Å²) in [5.41, 5.74) is 5.92. The number of carbonyl (C=O) groups is 1. The largest absolute Gasteiger partial charge is 0.340 e. The Balaban J connectivity index is 1.55. The predicted molar refractivity (Wildman–Crippen MR) is 97.0 cm³/mol. The van der Waals surface area contributed by atoms with Crippen LogP contribution in [0.4, 0.5) is 0 Å². The lowest BCUT2D eigenvalue weighted by Gasteiger charge is -2.35. The number of hydrogen-bond donors (Lipinski definition) is 1. The van der Waals surface area contributed by atoms with Gasteiger partial charge in [-0.1, -0.05) is 13.8 Å². The molecule has 1 amide bonds. The Morgan fingerprint density at radius 1 is 1.20 bits per heavy atom. The highest BCUT2D eigenvalue weighted by Gasteiger charge is 2.32. The zero-order valence-electron chi connectivity index (χ0n) is 15.8. The minimum Gasteiger partial charge on any atom is -0.340 e. The average Bonchev–Trinajstić information content (AvgIpc) is 2.94.